The monoisotopic (exact) mass is 382 g/mol. The Bertz CT molecular complexity index is 767. The third kappa shape index (κ3) is 4.40. The van der Waals surface area contributed by atoms with E-state index in [-0.39, 0.29) is 36.2 Å². The Morgan fingerprint density at radius 1 is 1.42 bits per heavy atom. The van der Waals surface area contributed by atoms with Crippen molar-refractivity contribution in [2.75, 3.05) is 13.1 Å². The lowest BCUT2D eigenvalue weighted by atomic mass is 10.1. The van der Waals surface area contributed by atoms with Gasteiger partial charge in [-0.1, -0.05) is 5.16 Å². The molecule has 2 unspecified atom stereocenters. The lowest BCUT2D eigenvalue weighted by molar-refractivity contribution is -0.134. The molecule has 6 nitrogen and oxygen atoms in total. The van der Waals surface area contributed by atoms with Crippen LogP contribution >= 0.6 is 12.4 Å². The summed E-state index contributed by atoms with van der Waals surface area (Å²) < 4.78 is 18.6. The van der Waals surface area contributed by atoms with E-state index in [1.54, 1.807) is 19.1 Å². The van der Waals surface area contributed by atoms with E-state index in [1.807, 2.05) is 4.90 Å². The summed E-state index contributed by atoms with van der Waals surface area (Å²) >= 11 is 0. The molecular formula is C18H24ClFN4O2. The molecule has 142 valence electrons. The van der Waals surface area contributed by atoms with Crippen LogP contribution in [0.4, 0.5) is 4.39 Å². The number of carbonyl (C=O) groups excluding carboxylic acids is 1. The highest BCUT2D eigenvalue weighted by Crippen LogP contribution is 2.20. The van der Waals surface area contributed by atoms with Crippen molar-refractivity contribution >= 4 is 18.3 Å². The Morgan fingerprint density at radius 2 is 2.19 bits per heavy atom. The van der Waals surface area contributed by atoms with Gasteiger partial charge in [-0.15, -0.1) is 12.4 Å². The summed E-state index contributed by atoms with van der Waals surface area (Å²) in [6, 6.07) is 5.14. The molecule has 0 spiro atoms. The molecule has 1 saturated heterocycles. The van der Waals surface area contributed by atoms with Crippen LogP contribution in [0.2, 0.25) is 0 Å². The first kappa shape index (κ1) is 20.3. The van der Waals surface area contributed by atoms with Crippen LogP contribution in [0.15, 0.2) is 22.7 Å². The molecular weight excluding hydrogens is 359 g/mol. The van der Waals surface area contributed by atoms with Crippen molar-refractivity contribution in [1.82, 2.24) is 20.4 Å². The van der Waals surface area contributed by atoms with Crippen molar-refractivity contribution in [3.8, 4) is 11.4 Å². The number of halogens is 2. The number of amides is 1. The Kier molecular flexibility index (Phi) is 6.72. The zero-order valence-electron chi connectivity index (χ0n) is 15.2. The summed E-state index contributed by atoms with van der Waals surface area (Å²) in [7, 11) is 0. The zero-order valence-corrected chi connectivity index (χ0v) is 16.0. The molecule has 26 heavy (non-hydrogen) atoms. The third-order valence-electron chi connectivity index (χ3n) is 4.79. The first-order valence-electron chi connectivity index (χ1n) is 8.57. The number of aryl methyl sites for hydroxylation is 2. The molecule has 2 atom stereocenters. The highest BCUT2D eigenvalue weighted by atomic mass is 35.5. The average molecular weight is 383 g/mol. The molecule has 1 N–H and O–H groups in total. The lowest BCUT2D eigenvalue weighted by Crippen LogP contribution is -2.57. The Balaban J connectivity index is 0.00000243. The number of benzene rings is 1. The van der Waals surface area contributed by atoms with Crippen molar-refractivity contribution in [1.29, 1.82) is 0 Å². The van der Waals surface area contributed by atoms with Crippen LogP contribution < -0.4 is 5.32 Å². The number of carbonyl (C=O) groups is 1. The molecule has 2 aromatic rings. The summed E-state index contributed by atoms with van der Waals surface area (Å²) in [5, 5.41) is 7.29. The molecule has 0 bridgehead atoms. The minimum absolute atomic E-state index is 0. The third-order valence-corrected chi connectivity index (χ3v) is 4.79. The van der Waals surface area contributed by atoms with Gasteiger partial charge in [0.15, 0.2) is 0 Å². The van der Waals surface area contributed by atoms with Gasteiger partial charge in [0.2, 0.25) is 17.6 Å². The highest BCUT2D eigenvalue weighted by molar-refractivity contribution is 5.85. The van der Waals surface area contributed by atoms with Crippen molar-refractivity contribution in [3.05, 3.63) is 35.5 Å². The number of nitrogens with one attached hydrogen (secondary N) is 1. The van der Waals surface area contributed by atoms with Crippen LogP contribution in [0.5, 0.6) is 0 Å². The van der Waals surface area contributed by atoms with E-state index in [9.17, 15) is 9.18 Å². The predicted molar refractivity (Wildman–Crippen MR) is 98.6 cm³/mol. The summed E-state index contributed by atoms with van der Waals surface area (Å²) in [4.78, 5) is 18.7. The lowest BCUT2D eigenvalue weighted by Gasteiger charge is -2.38. The molecule has 1 fully saturated rings. The molecule has 8 heteroatoms. The zero-order chi connectivity index (χ0) is 18.0. The van der Waals surface area contributed by atoms with Crippen LogP contribution in [0.25, 0.3) is 11.4 Å². The minimum atomic E-state index is -0.266. The van der Waals surface area contributed by atoms with E-state index in [2.05, 4.69) is 29.3 Å². The molecule has 1 aliphatic heterocycles. The van der Waals surface area contributed by atoms with E-state index in [0.717, 1.165) is 6.54 Å². The van der Waals surface area contributed by atoms with E-state index in [1.165, 1.54) is 6.07 Å². The topological polar surface area (TPSA) is 71.3 Å². The van der Waals surface area contributed by atoms with Gasteiger partial charge in [-0.3, -0.25) is 4.79 Å². The van der Waals surface area contributed by atoms with Gasteiger partial charge in [0.1, 0.15) is 5.82 Å². The van der Waals surface area contributed by atoms with Crippen LogP contribution in [0, 0.1) is 12.7 Å². The summed E-state index contributed by atoms with van der Waals surface area (Å²) in [6.07, 6.45) is 0.734. The van der Waals surface area contributed by atoms with Crippen molar-refractivity contribution in [2.24, 2.45) is 0 Å². The van der Waals surface area contributed by atoms with Crippen LogP contribution in [-0.2, 0) is 11.2 Å². The Labute approximate surface area is 158 Å². The second-order valence-corrected chi connectivity index (χ2v) is 6.55. The SMILES string of the molecule is Cc1cc(-c2noc(CCC(=O)N3CCNC(C)C3C)n2)ccc1F.Cl. The van der Waals surface area contributed by atoms with E-state index in [4.69, 9.17) is 4.52 Å². The molecule has 1 amide bonds. The first-order valence-corrected chi connectivity index (χ1v) is 8.57. The molecule has 2 heterocycles. The maximum Gasteiger partial charge on any atom is 0.227 e. The van der Waals surface area contributed by atoms with Gasteiger partial charge < -0.3 is 14.7 Å². The smallest absolute Gasteiger partial charge is 0.227 e. The van der Waals surface area contributed by atoms with Gasteiger partial charge in [-0.2, -0.15) is 4.98 Å². The normalized spacial score (nSPS) is 19.9. The number of aromatic nitrogens is 2. The molecule has 1 aromatic carbocycles. The van der Waals surface area contributed by atoms with Gasteiger partial charge in [0.05, 0.1) is 0 Å². The van der Waals surface area contributed by atoms with Gasteiger partial charge in [0, 0.05) is 43.6 Å². The molecule has 3 rings (SSSR count). The Hall–Kier alpha value is -1.99. The number of piperazine rings is 1. The van der Waals surface area contributed by atoms with Crippen LogP contribution in [0.1, 0.15) is 31.7 Å². The fourth-order valence-corrected chi connectivity index (χ4v) is 3.02. The van der Waals surface area contributed by atoms with Gasteiger partial charge in [-0.25, -0.2) is 4.39 Å². The summed E-state index contributed by atoms with van der Waals surface area (Å²) in [5.74, 6) is 0.659. The number of nitrogens with zero attached hydrogens (tertiary/aromatic N) is 3. The highest BCUT2D eigenvalue weighted by Gasteiger charge is 2.28. The maximum absolute atomic E-state index is 13.4. The van der Waals surface area contributed by atoms with E-state index in [0.29, 0.717) is 42.2 Å². The number of hydrogen-bond acceptors (Lipinski definition) is 5. The van der Waals surface area contributed by atoms with E-state index >= 15 is 0 Å². The van der Waals surface area contributed by atoms with Gasteiger partial charge >= 0.3 is 0 Å². The fourth-order valence-electron chi connectivity index (χ4n) is 3.02. The van der Waals surface area contributed by atoms with Crippen molar-refractivity contribution in [3.63, 3.8) is 0 Å². The molecule has 1 aromatic heterocycles. The van der Waals surface area contributed by atoms with Gasteiger partial charge in [-0.05, 0) is 44.5 Å². The molecule has 1 aliphatic rings. The van der Waals surface area contributed by atoms with Crippen LogP contribution in [0.3, 0.4) is 0 Å². The molecule has 0 radical (unpaired) electrons. The quantitative estimate of drug-likeness (QED) is 0.880. The first-order chi connectivity index (χ1) is 12.0. The largest absolute Gasteiger partial charge is 0.339 e. The van der Waals surface area contributed by atoms with Crippen molar-refractivity contribution in [2.45, 2.75) is 45.7 Å². The second-order valence-electron chi connectivity index (χ2n) is 6.55. The predicted octanol–water partition coefficient (Wildman–Crippen LogP) is 2.75. The second kappa shape index (κ2) is 8.60. The standard InChI is InChI=1S/C18H23FN4O2.ClH/c1-11-10-14(4-5-15(11)19)18-21-16(25-22-18)6-7-17(24)23-9-8-20-12(2)13(23)3;/h4-5,10,12-13,20H,6-9H2,1-3H3;1H. The minimum Gasteiger partial charge on any atom is -0.339 e. The number of rotatable bonds is 4. The molecule has 0 aliphatic carbocycles. The maximum atomic E-state index is 13.4. The summed E-state index contributed by atoms with van der Waals surface area (Å²) in [5.41, 5.74) is 1.23. The summed E-state index contributed by atoms with van der Waals surface area (Å²) in [6.45, 7) is 7.35. The Morgan fingerprint density at radius 3 is 2.92 bits per heavy atom. The van der Waals surface area contributed by atoms with E-state index < -0.39 is 0 Å². The molecule has 0 saturated carbocycles. The number of hydrogen-bond donors (Lipinski definition) is 1. The van der Waals surface area contributed by atoms with Gasteiger partial charge in [0.25, 0.3) is 0 Å². The average Bonchev–Trinajstić information content (AvgIpc) is 3.06. The fraction of sp³-hybridized carbons (Fsp3) is 0.500. The van der Waals surface area contributed by atoms with Crippen LogP contribution in [-0.4, -0.2) is 46.1 Å². The van der Waals surface area contributed by atoms with Crippen molar-refractivity contribution < 1.29 is 13.7 Å².